The zero-order valence-corrected chi connectivity index (χ0v) is 7.42. The number of urea groups is 1. The van der Waals surface area contributed by atoms with Gasteiger partial charge in [0.05, 0.1) is 0 Å². The standard InChI is InChI=1S/C8H15N3O/c1-11(8(9)12)10-7-5-3-2-4-6-7/h2-6H2,1H3,(H2,9,12). The second-order valence-corrected chi connectivity index (χ2v) is 3.09. The molecule has 0 aromatic carbocycles. The molecule has 1 rings (SSSR count). The largest absolute Gasteiger partial charge is 0.350 e. The van der Waals surface area contributed by atoms with E-state index in [4.69, 9.17) is 5.73 Å². The van der Waals surface area contributed by atoms with Gasteiger partial charge < -0.3 is 5.73 Å². The summed E-state index contributed by atoms with van der Waals surface area (Å²) in [5.74, 6) is 0. The molecular weight excluding hydrogens is 154 g/mol. The van der Waals surface area contributed by atoms with Gasteiger partial charge in [0.15, 0.2) is 0 Å². The predicted molar refractivity (Wildman–Crippen MR) is 47.9 cm³/mol. The van der Waals surface area contributed by atoms with Crippen LogP contribution >= 0.6 is 0 Å². The molecule has 2 N–H and O–H groups in total. The first kappa shape index (κ1) is 9.03. The van der Waals surface area contributed by atoms with E-state index in [1.807, 2.05) is 0 Å². The molecule has 1 fully saturated rings. The van der Waals surface area contributed by atoms with Gasteiger partial charge in [-0.2, -0.15) is 5.10 Å². The maximum Gasteiger partial charge on any atom is 0.334 e. The van der Waals surface area contributed by atoms with Crippen molar-refractivity contribution >= 4 is 11.7 Å². The number of nitrogens with zero attached hydrogens (tertiary/aromatic N) is 2. The Morgan fingerprint density at radius 2 is 2.00 bits per heavy atom. The molecule has 0 saturated heterocycles. The van der Waals surface area contributed by atoms with Gasteiger partial charge in [0.2, 0.25) is 0 Å². The lowest BCUT2D eigenvalue weighted by molar-refractivity contribution is 0.220. The number of hydrogen-bond donors (Lipinski definition) is 1. The van der Waals surface area contributed by atoms with E-state index < -0.39 is 6.03 Å². The number of amides is 2. The minimum atomic E-state index is -0.493. The maximum atomic E-state index is 10.6. The van der Waals surface area contributed by atoms with Crippen LogP contribution in [-0.4, -0.2) is 23.8 Å². The monoisotopic (exact) mass is 169 g/mol. The topological polar surface area (TPSA) is 58.7 Å². The van der Waals surface area contributed by atoms with E-state index in [1.54, 1.807) is 7.05 Å². The van der Waals surface area contributed by atoms with E-state index in [1.165, 1.54) is 24.3 Å². The Labute approximate surface area is 72.4 Å². The summed E-state index contributed by atoms with van der Waals surface area (Å²) in [6, 6.07) is -0.493. The lowest BCUT2D eigenvalue weighted by Crippen LogP contribution is -2.28. The SMILES string of the molecule is CN(N=C1CCCCC1)C(N)=O. The average molecular weight is 169 g/mol. The summed E-state index contributed by atoms with van der Waals surface area (Å²) in [5, 5.41) is 5.32. The summed E-state index contributed by atoms with van der Waals surface area (Å²) in [6.45, 7) is 0. The van der Waals surface area contributed by atoms with Gasteiger partial charge in [-0.1, -0.05) is 6.42 Å². The Balaban J connectivity index is 2.48. The Morgan fingerprint density at radius 3 is 2.50 bits per heavy atom. The van der Waals surface area contributed by atoms with Gasteiger partial charge >= 0.3 is 6.03 Å². The molecule has 0 aliphatic heterocycles. The second-order valence-electron chi connectivity index (χ2n) is 3.09. The van der Waals surface area contributed by atoms with Gasteiger partial charge in [0.25, 0.3) is 0 Å². The van der Waals surface area contributed by atoms with Crippen LogP contribution in [0.4, 0.5) is 4.79 Å². The van der Waals surface area contributed by atoms with E-state index in [0.29, 0.717) is 0 Å². The van der Waals surface area contributed by atoms with Crippen molar-refractivity contribution in [3.8, 4) is 0 Å². The van der Waals surface area contributed by atoms with Gasteiger partial charge in [-0.3, -0.25) is 0 Å². The highest BCUT2D eigenvalue weighted by Crippen LogP contribution is 2.14. The first-order valence-corrected chi connectivity index (χ1v) is 4.29. The third kappa shape index (κ3) is 2.53. The number of hydrazone groups is 1. The fourth-order valence-corrected chi connectivity index (χ4v) is 1.32. The number of rotatable bonds is 1. The van der Waals surface area contributed by atoms with E-state index >= 15 is 0 Å². The van der Waals surface area contributed by atoms with Crippen LogP contribution in [0.15, 0.2) is 5.10 Å². The van der Waals surface area contributed by atoms with Crippen LogP contribution in [0.5, 0.6) is 0 Å². The van der Waals surface area contributed by atoms with Gasteiger partial charge in [0.1, 0.15) is 0 Å². The van der Waals surface area contributed by atoms with E-state index in [9.17, 15) is 4.79 Å². The lowest BCUT2D eigenvalue weighted by Gasteiger charge is -2.15. The van der Waals surface area contributed by atoms with E-state index in [0.717, 1.165) is 18.6 Å². The summed E-state index contributed by atoms with van der Waals surface area (Å²) in [5.41, 5.74) is 6.13. The molecule has 0 radical (unpaired) electrons. The molecule has 12 heavy (non-hydrogen) atoms. The number of primary amides is 1. The molecule has 0 atom stereocenters. The maximum absolute atomic E-state index is 10.6. The molecule has 1 saturated carbocycles. The summed E-state index contributed by atoms with van der Waals surface area (Å²) < 4.78 is 0. The summed E-state index contributed by atoms with van der Waals surface area (Å²) in [4.78, 5) is 10.6. The van der Waals surface area contributed by atoms with Crippen LogP contribution in [-0.2, 0) is 0 Å². The normalized spacial score (nSPS) is 17.2. The minimum Gasteiger partial charge on any atom is -0.350 e. The van der Waals surface area contributed by atoms with Crippen LogP contribution in [0.3, 0.4) is 0 Å². The molecule has 4 heteroatoms. The summed E-state index contributed by atoms with van der Waals surface area (Å²) >= 11 is 0. The Kier molecular flexibility index (Phi) is 3.08. The molecule has 1 aliphatic carbocycles. The zero-order chi connectivity index (χ0) is 8.97. The number of hydrogen-bond acceptors (Lipinski definition) is 2. The van der Waals surface area contributed by atoms with Crippen LogP contribution in [0, 0.1) is 0 Å². The average Bonchev–Trinajstić information content (AvgIpc) is 2.06. The highest BCUT2D eigenvalue weighted by Gasteiger charge is 2.08. The van der Waals surface area contributed by atoms with Crippen molar-refractivity contribution in [1.82, 2.24) is 5.01 Å². The van der Waals surface area contributed by atoms with Gasteiger partial charge in [-0.05, 0) is 25.7 Å². The molecule has 0 spiro atoms. The first-order valence-electron chi connectivity index (χ1n) is 4.29. The van der Waals surface area contributed by atoms with Crippen molar-refractivity contribution in [2.75, 3.05) is 7.05 Å². The smallest absolute Gasteiger partial charge is 0.334 e. The fourth-order valence-electron chi connectivity index (χ4n) is 1.32. The van der Waals surface area contributed by atoms with Crippen molar-refractivity contribution in [3.05, 3.63) is 0 Å². The molecule has 4 nitrogen and oxygen atoms in total. The fraction of sp³-hybridized carbons (Fsp3) is 0.750. The van der Waals surface area contributed by atoms with Crippen LogP contribution in [0.25, 0.3) is 0 Å². The quantitative estimate of drug-likeness (QED) is 0.591. The van der Waals surface area contributed by atoms with Gasteiger partial charge in [0, 0.05) is 12.8 Å². The van der Waals surface area contributed by atoms with Crippen LogP contribution < -0.4 is 5.73 Å². The van der Waals surface area contributed by atoms with Crippen molar-refractivity contribution in [2.45, 2.75) is 32.1 Å². The van der Waals surface area contributed by atoms with Crippen molar-refractivity contribution < 1.29 is 4.79 Å². The third-order valence-corrected chi connectivity index (χ3v) is 2.04. The highest BCUT2D eigenvalue weighted by molar-refractivity contribution is 5.86. The zero-order valence-electron chi connectivity index (χ0n) is 7.42. The Bertz CT molecular complexity index is 192. The van der Waals surface area contributed by atoms with Gasteiger partial charge in [-0.15, -0.1) is 0 Å². The first-order chi connectivity index (χ1) is 5.70. The Hall–Kier alpha value is -1.06. The summed E-state index contributed by atoms with van der Waals surface area (Å²) in [6.07, 6.45) is 5.67. The van der Waals surface area contributed by atoms with Crippen LogP contribution in [0.1, 0.15) is 32.1 Å². The molecule has 0 bridgehead atoms. The lowest BCUT2D eigenvalue weighted by atomic mass is 9.99. The second kappa shape index (κ2) is 4.09. The Morgan fingerprint density at radius 1 is 1.42 bits per heavy atom. The molecule has 68 valence electrons. The molecule has 2 amide bonds. The molecule has 0 aromatic heterocycles. The molecule has 0 unspecified atom stereocenters. The van der Waals surface area contributed by atoms with Crippen LogP contribution in [0.2, 0.25) is 0 Å². The van der Waals surface area contributed by atoms with Crippen molar-refractivity contribution in [2.24, 2.45) is 10.8 Å². The molecular formula is C8H15N3O. The molecule has 1 aliphatic rings. The third-order valence-electron chi connectivity index (χ3n) is 2.04. The predicted octanol–water partition coefficient (Wildman–Crippen LogP) is 1.32. The number of carbonyl (C=O) groups is 1. The van der Waals surface area contributed by atoms with Gasteiger partial charge in [-0.25, -0.2) is 9.80 Å². The minimum absolute atomic E-state index is 0.493. The number of nitrogens with two attached hydrogens (primary N) is 1. The van der Waals surface area contributed by atoms with E-state index in [2.05, 4.69) is 5.10 Å². The number of carbonyl (C=O) groups excluding carboxylic acids is 1. The summed E-state index contributed by atoms with van der Waals surface area (Å²) in [7, 11) is 1.59. The molecule has 0 aromatic rings. The highest BCUT2D eigenvalue weighted by atomic mass is 16.2. The van der Waals surface area contributed by atoms with Crippen molar-refractivity contribution in [1.29, 1.82) is 0 Å². The molecule has 0 heterocycles. The van der Waals surface area contributed by atoms with Crippen molar-refractivity contribution in [3.63, 3.8) is 0 Å². The van der Waals surface area contributed by atoms with E-state index in [-0.39, 0.29) is 0 Å².